The van der Waals surface area contributed by atoms with E-state index >= 15 is 0 Å². The number of aryl methyl sites for hydroxylation is 2. The smallest absolute Gasteiger partial charge is 0.259 e. The SMILES string of the molecule is Cc1cc(C(=O)Nc2cc(F)ccc2N)c(C)o1. The van der Waals surface area contributed by atoms with Gasteiger partial charge in [-0.15, -0.1) is 0 Å². The van der Waals surface area contributed by atoms with E-state index in [4.69, 9.17) is 10.2 Å². The van der Waals surface area contributed by atoms with Crippen LogP contribution >= 0.6 is 0 Å². The largest absolute Gasteiger partial charge is 0.466 e. The van der Waals surface area contributed by atoms with Crippen molar-refractivity contribution in [2.75, 3.05) is 11.1 Å². The van der Waals surface area contributed by atoms with Crippen LogP contribution in [0.5, 0.6) is 0 Å². The first kappa shape index (κ1) is 12.2. The Morgan fingerprint density at radius 1 is 1.33 bits per heavy atom. The standard InChI is InChI=1S/C13H13FN2O2/c1-7-5-10(8(2)18-7)13(17)16-12-6-9(14)3-4-11(12)15/h3-6H,15H2,1-2H3,(H,16,17). The Bertz CT molecular complexity index is 605. The van der Waals surface area contributed by atoms with E-state index in [2.05, 4.69) is 5.32 Å². The lowest BCUT2D eigenvalue weighted by Gasteiger charge is -2.07. The maximum Gasteiger partial charge on any atom is 0.259 e. The molecule has 5 heteroatoms. The van der Waals surface area contributed by atoms with Gasteiger partial charge in [0.15, 0.2) is 0 Å². The van der Waals surface area contributed by atoms with E-state index in [1.54, 1.807) is 19.9 Å². The van der Waals surface area contributed by atoms with Gasteiger partial charge in [-0.3, -0.25) is 4.79 Å². The number of amides is 1. The van der Waals surface area contributed by atoms with Gasteiger partial charge in [0.1, 0.15) is 17.3 Å². The monoisotopic (exact) mass is 248 g/mol. The van der Waals surface area contributed by atoms with Gasteiger partial charge in [0.2, 0.25) is 0 Å². The van der Waals surface area contributed by atoms with Crippen molar-refractivity contribution in [2.45, 2.75) is 13.8 Å². The van der Waals surface area contributed by atoms with Crippen LogP contribution in [0.3, 0.4) is 0 Å². The number of anilines is 2. The van der Waals surface area contributed by atoms with Crippen LogP contribution in [0.1, 0.15) is 21.9 Å². The van der Waals surface area contributed by atoms with E-state index < -0.39 is 5.82 Å². The summed E-state index contributed by atoms with van der Waals surface area (Å²) >= 11 is 0. The van der Waals surface area contributed by atoms with Crippen LogP contribution in [0.2, 0.25) is 0 Å². The molecule has 0 aliphatic rings. The van der Waals surface area contributed by atoms with Crippen LogP contribution in [0.15, 0.2) is 28.7 Å². The van der Waals surface area contributed by atoms with E-state index in [0.29, 0.717) is 22.8 Å². The molecule has 1 heterocycles. The average Bonchev–Trinajstić information content (AvgIpc) is 2.63. The summed E-state index contributed by atoms with van der Waals surface area (Å²) in [6.07, 6.45) is 0. The highest BCUT2D eigenvalue weighted by atomic mass is 19.1. The number of carbonyl (C=O) groups is 1. The Morgan fingerprint density at radius 3 is 2.67 bits per heavy atom. The number of nitrogens with one attached hydrogen (secondary N) is 1. The summed E-state index contributed by atoms with van der Waals surface area (Å²) in [7, 11) is 0. The number of benzene rings is 1. The molecule has 1 aromatic carbocycles. The number of carbonyl (C=O) groups excluding carboxylic acids is 1. The summed E-state index contributed by atoms with van der Waals surface area (Å²) in [5, 5.41) is 2.56. The summed E-state index contributed by atoms with van der Waals surface area (Å²) in [5.74, 6) is 0.325. The van der Waals surface area contributed by atoms with Gasteiger partial charge in [-0.05, 0) is 38.1 Å². The molecular formula is C13H13FN2O2. The molecule has 3 N–H and O–H groups in total. The van der Waals surface area contributed by atoms with E-state index in [0.717, 1.165) is 0 Å². The van der Waals surface area contributed by atoms with E-state index in [-0.39, 0.29) is 11.6 Å². The van der Waals surface area contributed by atoms with Crippen molar-refractivity contribution in [2.24, 2.45) is 0 Å². The molecule has 0 radical (unpaired) electrons. The highest BCUT2D eigenvalue weighted by Gasteiger charge is 2.14. The van der Waals surface area contributed by atoms with Crippen molar-refractivity contribution in [3.8, 4) is 0 Å². The summed E-state index contributed by atoms with van der Waals surface area (Å²) in [5.41, 5.74) is 6.62. The second-order valence-corrected chi connectivity index (χ2v) is 4.01. The quantitative estimate of drug-likeness (QED) is 0.803. The second-order valence-electron chi connectivity index (χ2n) is 4.01. The predicted octanol–water partition coefficient (Wildman–Crippen LogP) is 2.87. The van der Waals surface area contributed by atoms with Gasteiger partial charge in [0.05, 0.1) is 16.9 Å². The third-order valence-electron chi connectivity index (χ3n) is 2.55. The molecule has 94 valence electrons. The molecule has 18 heavy (non-hydrogen) atoms. The molecule has 0 bridgehead atoms. The number of hydrogen-bond acceptors (Lipinski definition) is 3. The molecule has 0 saturated carbocycles. The fraction of sp³-hybridized carbons (Fsp3) is 0.154. The minimum Gasteiger partial charge on any atom is -0.466 e. The zero-order chi connectivity index (χ0) is 13.3. The minimum atomic E-state index is -0.459. The second kappa shape index (κ2) is 4.52. The highest BCUT2D eigenvalue weighted by Crippen LogP contribution is 2.21. The highest BCUT2D eigenvalue weighted by molar-refractivity contribution is 6.06. The van der Waals surface area contributed by atoms with Gasteiger partial charge in [-0.25, -0.2) is 4.39 Å². The molecular weight excluding hydrogens is 235 g/mol. The Hall–Kier alpha value is -2.30. The third-order valence-corrected chi connectivity index (χ3v) is 2.55. The van der Waals surface area contributed by atoms with Crippen molar-refractivity contribution >= 4 is 17.3 Å². The molecule has 0 unspecified atom stereocenters. The van der Waals surface area contributed by atoms with Crippen LogP contribution in [0.25, 0.3) is 0 Å². The van der Waals surface area contributed by atoms with E-state index in [9.17, 15) is 9.18 Å². The van der Waals surface area contributed by atoms with Gasteiger partial charge < -0.3 is 15.5 Å². The Balaban J connectivity index is 2.26. The summed E-state index contributed by atoms with van der Waals surface area (Å²) < 4.78 is 18.3. The maximum atomic E-state index is 13.1. The van der Waals surface area contributed by atoms with Crippen LogP contribution < -0.4 is 11.1 Å². The summed E-state index contributed by atoms with van der Waals surface area (Å²) in [4.78, 5) is 12.0. The Morgan fingerprint density at radius 2 is 2.06 bits per heavy atom. The number of furan rings is 1. The van der Waals surface area contributed by atoms with Gasteiger partial charge in [-0.2, -0.15) is 0 Å². The molecule has 1 aromatic heterocycles. The molecule has 0 fully saturated rings. The van der Waals surface area contributed by atoms with E-state index in [1.807, 2.05) is 0 Å². The normalized spacial score (nSPS) is 10.4. The molecule has 2 rings (SSSR count). The van der Waals surface area contributed by atoms with E-state index in [1.165, 1.54) is 18.2 Å². The van der Waals surface area contributed by atoms with Crippen LogP contribution in [-0.4, -0.2) is 5.91 Å². The lowest BCUT2D eigenvalue weighted by molar-refractivity contribution is 0.102. The number of halogens is 1. The molecule has 0 spiro atoms. The first-order valence-corrected chi connectivity index (χ1v) is 5.41. The number of nitrogen functional groups attached to an aromatic ring is 1. The molecule has 0 aliphatic heterocycles. The van der Waals surface area contributed by atoms with Crippen molar-refractivity contribution in [3.05, 3.63) is 47.2 Å². The van der Waals surface area contributed by atoms with Crippen molar-refractivity contribution in [3.63, 3.8) is 0 Å². The van der Waals surface area contributed by atoms with Gasteiger partial charge >= 0.3 is 0 Å². The third kappa shape index (κ3) is 2.34. The van der Waals surface area contributed by atoms with Crippen molar-refractivity contribution in [1.29, 1.82) is 0 Å². The first-order chi connectivity index (χ1) is 8.47. The summed E-state index contributed by atoms with van der Waals surface area (Å²) in [6.45, 7) is 3.44. The number of rotatable bonds is 2. The van der Waals surface area contributed by atoms with Crippen LogP contribution in [0, 0.1) is 19.7 Å². The molecule has 4 nitrogen and oxygen atoms in total. The van der Waals surface area contributed by atoms with Gasteiger partial charge in [-0.1, -0.05) is 0 Å². The average molecular weight is 248 g/mol. The Kier molecular flexibility index (Phi) is 3.06. The topological polar surface area (TPSA) is 68.3 Å². The fourth-order valence-corrected chi connectivity index (χ4v) is 1.68. The fourth-order valence-electron chi connectivity index (χ4n) is 1.68. The summed E-state index contributed by atoms with van der Waals surface area (Å²) in [6, 6.07) is 5.44. The number of nitrogens with two attached hydrogens (primary N) is 1. The van der Waals surface area contributed by atoms with Gasteiger partial charge in [0.25, 0.3) is 5.91 Å². The number of hydrogen-bond donors (Lipinski definition) is 2. The molecule has 0 aliphatic carbocycles. The van der Waals surface area contributed by atoms with Crippen LogP contribution in [-0.2, 0) is 0 Å². The van der Waals surface area contributed by atoms with Crippen LogP contribution in [0.4, 0.5) is 15.8 Å². The zero-order valence-corrected chi connectivity index (χ0v) is 10.1. The van der Waals surface area contributed by atoms with Crippen molar-refractivity contribution < 1.29 is 13.6 Å². The maximum absolute atomic E-state index is 13.1. The lowest BCUT2D eigenvalue weighted by Crippen LogP contribution is -2.13. The van der Waals surface area contributed by atoms with Crippen molar-refractivity contribution in [1.82, 2.24) is 0 Å². The predicted molar refractivity (Wildman–Crippen MR) is 66.9 cm³/mol. The zero-order valence-electron chi connectivity index (χ0n) is 10.1. The van der Waals surface area contributed by atoms with Gasteiger partial charge in [0, 0.05) is 0 Å². The molecule has 1 amide bonds. The first-order valence-electron chi connectivity index (χ1n) is 5.41. The minimum absolute atomic E-state index is 0.248. The molecule has 0 saturated heterocycles. The molecule has 0 atom stereocenters. The Labute approximate surface area is 104 Å². The lowest BCUT2D eigenvalue weighted by atomic mass is 10.2. The molecule has 2 aromatic rings.